The third-order valence-electron chi connectivity index (χ3n) is 4.15. The van der Waals surface area contributed by atoms with E-state index in [1.54, 1.807) is 5.32 Å². The van der Waals surface area contributed by atoms with Gasteiger partial charge in [0.2, 0.25) is 0 Å². The molecule has 1 aromatic rings. The minimum atomic E-state index is -2.53. The fourth-order valence-electron chi connectivity index (χ4n) is 2.85. The number of hydrogen-bond acceptors (Lipinski definition) is 6. The molecule has 7 nitrogen and oxygen atoms in total. The molecule has 1 rings (SSSR count). The summed E-state index contributed by atoms with van der Waals surface area (Å²) in [5, 5.41) is 16.7. The van der Waals surface area contributed by atoms with E-state index in [-0.39, 0.29) is 0 Å². The topological polar surface area (TPSA) is 91.2 Å². The third-order valence-corrected chi connectivity index (χ3v) is 7.20. The summed E-state index contributed by atoms with van der Waals surface area (Å²) in [7, 11) is -2.53. The highest BCUT2D eigenvalue weighted by atomic mass is 28.4. The van der Waals surface area contributed by atoms with E-state index in [9.17, 15) is 0 Å². The van der Waals surface area contributed by atoms with Crippen LogP contribution in [0.2, 0.25) is 6.04 Å². The van der Waals surface area contributed by atoms with Gasteiger partial charge in [-0.05, 0) is 39.2 Å². The molecule has 0 saturated carbocycles. The predicted molar refractivity (Wildman–Crippen MR) is 114 cm³/mol. The normalized spacial score (nSPS) is 10.4. The highest BCUT2D eigenvalue weighted by Gasteiger charge is 2.39. The van der Waals surface area contributed by atoms with Crippen LogP contribution in [0.5, 0.6) is 0 Å². The Labute approximate surface area is 177 Å². The molecule has 29 heavy (non-hydrogen) atoms. The number of unbranched alkanes of at least 4 members (excludes halogenated alkanes) is 3. The van der Waals surface area contributed by atoms with Crippen LogP contribution in [0.25, 0.3) is 0 Å². The SMILES string of the molecule is CCCCCC[n+]1ccc(CC[Si](OCC)(OCC)OCC)cc1.N#CNC#N. The largest absolute Gasteiger partial charge is 0.501 e. The van der Waals surface area contributed by atoms with Crippen molar-refractivity contribution in [2.75, 3.05) is 19.8 Å². The van der Waals surface area contributed by atoms with Crippen LogP contribution < -0.4 is 9.88 Å². The lowest BCUT2D eigenvalue weighted by molar-refractivity contribution is -0.697. The molecule has 0 aliphatic heterocycles. The summed E-state index contributed by atoms with van der Waals surface area (Å²) in [5.74, 6) is 0. The number of hydrogen-bond donors (Lipinski definition) is 1. The van der Waals surface area contributed by atoms with Gasteiger partial charge in [-0.15, -0.1) is 0 Å². The van der Waals surface area contributed by atoms with Gasteiger partial charge in [0.05, 0.1) is 0 Å². The zero-order chi connectivity index (χ0) is 21.8. The zero-order valence-corrected chi connectivity index (χ0v) is 19.4. The van der Waals surface area contributed by atoms with Gasteiger partial charge in [0, 0.05) is 44.4 Å². The lowest BCUT2D eigenvalue weighted by atomic mass is 10.2. The van der Waals surface area contributed by atoms with Gasteiger partial charge < -0.3 is 13.3 Å². The van der Waals surface area contributed by atoms with Crippen molar-refractivity contribution >= 4 is 8.80 Å². The van der Waals surface area contributed by atoms with E-state index in [2.05, 4.69) is 36.0 Å². The maximum absolute atomic E-state index is 7.48. The molecule has 0 bridgehead atoms. The first-order valence-electron chi connectivity index (χ1n) is 10.5. The maximum Gasteiger partial charge on any atom is 0.501 e. The van der Waals surface area contributed by atoms with Crippen LogP contribution >= 0.6 is 0 Å². The lowest BCUT2D eigenvalue weighted by Gasteiger charge is -2.28. The van der Waals surface area contributed by atoms with Crippen LogP contribution in [-0.4, -0.2) is 28.6 Å². The third kappa shape index (κ3) is 13.0. The van der Waals surface area contributed by atoms with Crippen molar-refractivity contribution in [1.82, 2.24) is 5.32 Å². The predicted octanol–water partition coefficient (Wildman–Crippen LogP) is 3.68. The summed E-state index contributed by atoms with van der Waals surface area (Å²) in [6.45, 7) is 11.3. The van der Waals surface area contributed by atoms with E-state index >= 15 is 0 Å². The van der Waals surface area contributed by atoms with Crippen molar-refractivity contribution < 1.29 is 17.8 Å². The van der Waals surface area contributed by atoms with Crippen LogP contribution in [0.4, 0.5) is 0 Å². The van der Waals surface area contributed by atoms with Gasteiger partial charge in [0.25, 0.3) is 0 Å². The monoisotopic (exact) mass is 421 g/mol. The Kier molecular flexibility index (Phi) is 16.9. The highest BCUT2D eigenvalue weighted by molar-refractivity contribution is 6.60. The van der Waals surface area contributed by atoms with Gasteiger partial charge in [0.15, 0.2) is 24.8 Å². The van der Waals surface area contributed by atoms with Crippen molar-refractivity contribution in [2.45, 2.75) is 72.4 Å². The van der Waals surface area contributed by atoms with E-state index in [0.29, 0.717) is 19.8 Å². The average Bonchev–Trinajstić information content (AvgIpc) is 2.72. The van der Waals surface area contributed by atoms with Gasteiger partial charge in [-0.2, -0.15) is 10.5 Å². The first-order chi connectivity index (χ1) is 14.1. The maximum atomic E-state index is 7.48. The molecule has 0 aliphatic carbocycles. The Morgan fingerprint density at radius 2 is 1.45 bits per heavy atom. The number of nitriles is 2. The molecule has 1 N–H and O–H groups in total. The van der Waals surface area contributed by atoms with Gasteiger partial charge in [-0.3, -0.25) is 0 Å². The number of nitrogens with one attached hydrogen (secondary N) is 1. The van der Waals surface area contributed by atoms with E-state index in [1.165, 1.54) is 43.6 Å². The summed E-state index contributed by atoms with van der Waals surface area (Å²) in [5.41, 5.74) is 1.32. The Balaban J connectivity index is 0.00000139. The summed E-state index contributed by atoms with van der Waals surface area (Å²) in [6, 6.07) is 5.26. The molecule has 0 unspecified atom stereocenters. The minimum absolute atomic E-state index is 0.638. The number of rotatable bonds is 14. The summed E-state index contributed by atoms with van der Waals surface area (Å²) >= 11 is 0. The Hall–Kier alpha value is -1.97. The Morgan fingerprint density at radius 1 is 0.897 bits per heavy atom. The smallest absolute Gasteiger partial charge is 0.374 e. The van der Waals surface area contributed by atoms with Crippen molar-refractivity contribution in [1.29, 1.82) is 10.5 Å². The lowest BCUT2D eigenvalue weighted by Crippen LogP contribution is -2.46. The van der Waals surface area contributed by atoms with Crippen molar-refractivity contribution in [3.05, 3.63) is 30.1 Å². The molecular formula is C21H37N4O3Si+. The molecule has 0 saturated heterocycles. The van der Waals surface area contributed by atoms with Crippen molar-refractivity contribution in [3.8, 4) is 12.4 Å². The first-order valence-corrected chi connectivity index (χ1v) is 12.5. The fourth-order valence-corrected chi connectivity index (χ4v) is 5.45. The van der Waals surface area contributed by atoms with E-state index in [0.717, 1.165) is 19.0 Å². The van der Waals surface area contributed by atoms with Crippen LogP contribution in [0.1, 0.15) is 58.9 Å². The summed E-state index contributed by atoms with van der Waals surface area (Å²) in [6.07, 6.45) is 13.3. The van der Waals surface area contributed by atoms with Crippen LogP contribution in [-0.2, 0) is 26.2 Å². The van der Waals surface area contributed by atoms with Crippen LogP contribution in [0.15, 0.2) is 24.5 Å². The molecule has 0 fully saturated rings. The van der Waals surface area contributed by atoms with Crippen LogP contribution in [0.3, 0.4) is 0 Å². The van der Waals surface area contributed by atoms with Gasteiger partial charge in [0.1, 0.15) is 6.54 Å². The van der Waals surface area contributed by atoms with Crippen molar-refractivity contribution in [2.24, 2.45) is 0 Å². The van der Waals surface area contributed by atoms with Gasteiger partial charge >= 0.3 is 8.80 Å². The molecule has 0 radical (unpaired) electrons. The van der Waals surface area contributed by atoms with E-state index < -0.39 is 8.80 Å². The number of pyridine rings is 1. The molecule has 1 heterocycles. The average molecular weight is 422 g/mol. The fraction of sp³-hybridized carbons (Fsp3) is 0.667. The van der Waals surface area contributed by atoms with Gasteiger partial charge in [-0.25, -0.2) is 9.88 Å². The molecule has 0 aromatic carbocycles. The molecule has 0 amide bonds. The molecule has 1 aromatic heterocycles. The Morgan fingerprint density at radius 3 is 1.86 bits per heavy atom. The summed E-state index contributed by atoms with van der Waals surface area (Å²) < 4.78 is 20.0. The summed E-state index contributed by atoms with van der Waals surface area (Å²) in [4.78, 5) is 0. The second-order valence-corrected chi connectivity index (χ2v) is 9.07. The number of aryl methyl sites for hydroxylation is 2. The molecule has 8 heteroatoms. The van der Waals surface area contributed by atoms with Gasteiger partial charge in [-0.1, -0.05) is 19.8 Å². The zero-order valence-electron chi connectivity index (χ0n) is 18.4. The Bertz CT molecular complexity index is 570. The molecule has 162 valence electrons. The van der Waals surface area contributed by atoms with Crippen molar-refractivity contribution in [3.63, 3.8) is 0 Å². The highest BCUT2D eigenvalue weighted by Crippen LogP contribution is 2.19. The quantitative estimate of drug-likeness (QED) is 0.162. The van der Waals surface area contributed by atoms with Crippen LogP contribution in [0, 0.1) is 22.9 Å². The standard InChI is InChI=1S/C19H36NO3Si.C2HN3/c1-5-9-10-11-15-20-16-12-19(13-17-20)14-18-24(21-6-2,22-7-3)23-8-4;3-1-5-2-4/h12-13,16-17H,5-11,14-15,18H2,1-4H3;5H/q+1;. The molecule has 0 aliphatic rings. The second kappa shape index (κ2) is 18.1. The molecule has 0 atom stereocenters. The number of aromatic nitrogens is 1. The second-order valence-electron chi connectivity index (χ2n) is 6.34. The first kappa shape index (κ1) is 27.0. The minimum Gasteiger partial charge on any atom is -0.374 e. The van der Waals surface area contributed by atoms with E-state index in [4.69, 9.17) is 23.8 Å². The van der Waals surface area contributed by atoms with E-state index in [1.807, 2.05) is 20.8 Å². The molecule has 0 spiro atoms. The number of nitrogens with zero attached hydrogens (tertiary/aromatic N) is 3. The molecular weight excluding hydrogens is 384 g/mol.